The predicted molar refractivity (Wildman–Crippen MR) is 51.8 cm³/mol. The lowest BCUT2D eigenvalue weighted by atomic mass is 10.1. The Morgan fingerprint density at radius 2 is 2.21 bits per heavy atom. The molecular formula is C8H5BrClF2NO. The van der Waals surface area contributed by atoms with Crippen molar-refractivity contribution in [3.05, 3.63) is 27.5 Å². The van der Waals surface area contributed by atoms with Crippen molar-refractivity contribution in [3.63, 3.8) is 0 Å². The first-order valence-electron chi connectivity index (χ1n) is 3.58. The van der Waals surface area contributed by atoms with Gasteiger partial charge in [0.1, 0.15) is 5.69 Å². The summed E-state index contributed by atoms with van der Waals surface area (Å²) in [5.41, 5.74) is -0.275. The Balaban J connectivity index is 3.45. The monoisotopic (exact) mass is 283 g/mol. The number of carbonyl (C=O) groups excluding carboxylic acids is 1. The number of hydrogen-bond donors (Lipinski definition) is 0. The summed E-state index contributed by atoms with van der Waals surface area (Å²) in [6.45, 7) is 1.63. The Bertz CT molecular complexity index is 384. The van der Waals surface area contributed by atoms with Crippen molar-refractivity contribution in [2.75, 3.05) is 0 Å². The maximum atomic E-state index is 12.4. The minimum Gasteiger partial charge on any atom is -0.275 e. The van der Waals surface area contributed by atoms with E-state index in [2.05, 4.69) is 20.9 Å². The molecule has 76 valence electrons. The number of carbonyl (C=O) groups is 1. The molecule has 0 radical (unpaired) electrons. The Hall–Kier alpha value is -0.550. The van der Waals surface area contributed by atoms with E-state index < -0.39 is 17.4 Å². The van der Waals surface area contributed by atoms with Gasteiger partial charge in [-0.05, 0) is 40.0 Å². The van der Waals surface area contributed by atoms with Gasteiger partial charge < -0.3 is 0 Å². The van der Waals surface area contributed by atoms with E-state index in [9.17, 15) is 13.6 Å². The van der Waals surface area contributed by atoms with Crippen LogP contribution in [0.1, 0.15) is 28.0 Å². The summed E-state index contributed by atoms with van der Waals surface area (Å²) in [5.74, 6) is 0. The lowest BCUT2D eigenvalue weighted by Crippen LogP contribution is -2.04. The molecule has 0 saturated carbocycles. The van der Waals surface area contributed by atoms with Crippen LogP contribution in [0, 0.1) is 6.92 Å². The summed E-state index contributed by atoms with van der Waals surface area (Å²) in [6.07, 6.45) is -1.56. The van der Waals surface area contributed by atoms with E-state index in [1.807, 2.05) is 0 Å². The number of pyridine rings is 1. The van der Waals surface area contributed by atoms with Gasteiger partial charge in [-0.1, -0.05) is 0 Å². The number of alkyl halides is 2. The van der Waals surface area contributed by atoms with Gasteiger partial charge in [0.05, 0.1) is 5.56 Å². The molecule has 0 N–H and O–H groups in total. The largest absolute Gasteiger partial charge is 0.281 e. The number of halogens is 4. The Kier molecular flexibility index (Phi) is 3.55. The van der Waals surface area contributed by atoms with Crippen LogP contribution in [0.25, 0.3) is 0 Å². The average Bonchev–Trinajstić information content (AvgIpc) is 2.08. The highest BCUT2D eigenvalue weighted by atomic mass is 79.9. The third-order valence-electron chi connectivity index (χ3n) is 1.62. The highest BCUT2D eigenvalue weighted by Crippen LogP contribution is 2.30. The summed E-state index contributed by atoms with van der Waals surface area (Å²) in [7, 11) is 0. The molecule has 6 heteroatoms. The van der Waals surface area contributed by atoms with Crippen molar-refractivity contribution in [2.24, 2.45) is 0 Å². The predicted octanol–water partition coefficient (Wildman–Crippen LogP) is 3.47. The topological polar surface area (TPSA) is 30.0 Å². The van der Waals surface area contributed by atoms with E-state index in [-0.39, 0.29) is 10.0 Å². The van der Waals surface area contributed by atoms with Crippen molar-refractivity contribution in [1.82, 2.24) is 4.98 Å². The molecule has 14 heavy (non-hydrogen) atoms. The maximum Gasteiger partial charge on any atom is 0.281 e. The van der Waals surface area contributed by atoms with Crippen LogP contribution >= 0.6 is 27.5 Å². The summed E-state index contributed by atoms with van der Waals surface area (Å²) in [4.78, 5) is 14.4. The number of rotatable bonds is 2. The third kappa shape index (κ3) is 2.09. The molecule has 2 nitrogen and oxygen atoms in total. The minimum absolute atomic E-state index is 0.262. The zero-order valence-corrected chi connectivity index (χ0v) is 9.36. The second-order valence-electron chi connectivity index (χ2n) is 2.59. The van der Waals surface area contributed by atoms with Gasteiger partial charge in [0, 0.05) is 10.7 Å². The van der Waals surface area contributed by atoms with Crippen molar-refractivity contribution >= 4 is 32.8 Å². The molecule has 1 heterocycles. The molecule has 0 atom stereocenters. The standard InChI is InChI=1S/C8H5BrClF2NO/c1-3-2-13-6(8(11)12)4(5(3)9)7(10)14/h2,8H,1H3. The van der Waals surface area contributed by atoms with Gasteiger partial charge in [-0.25, -0.2) is 8.78 Å². The van der Waals surface area contributed by atoms with E-state index in [1.165, 1.54) is 6.20 Å². The fourth-order valence-corrected chi connectivity index (χ4v) is 1.74. The Morgan fingerprint density at radius 3 is 2.64 bits per heavy atom. The van der Waals surface area contributed by atoms with Crippen LogP contribution in [0.3, 0.4) is 0 Å². The molecule has 0 unspecified atom stereocenters. The number of aromatic nitrogens is 1. The maximum absolute atomic E-state index is 12.4. The van der Waals surface area contributed by atoms with Gasteiger partial charge in [-0.15, -0.1) is 0 Å². The van der Waals surface area contributed by atoms with Crippen LogP contribution < -0.4 is 0 Å². The molecule has 0 aliphatic rings. The van der Waals surface area contributed by atoms with Gasteiger partial charge in [-0.2, -0.15) is 0 Å². The molecule has 0 saturated heterocycles. The van der Waals surface area contributed by atoms with Crippen LogP contribution in [-0.2, 0) is 0 Å². The zero-order chi connectivity index (χ0) is 10.9. The van der Waals surface area contributed by atoms with Crippen molar-refractivity contribution in [1.29, 1.82) is 0 Å². The number of hydrogen-bond acceptors (Lipinski definition) is 2. The van der Waals surface area contributed by atoms with Crippen LogP contribution in [0.4, 0.5) is 8.78 Å². The lowest BCUT2D eigenvalue weighted by molar-refractivity contribution is 0.106. The molecule has 0 aromatic carbocycles. The third-order valence-corrected chi connectivity index (χ3v) is 2.83. The smallest absolute Gasteiger partial charge is 0.275 e. The van der Waals surface area contributed by atoms with Crippen LogP contribution in [0.2, 0.25) is 0 Å². The summed E-state index contributed by atoms with van der Waals surface area (Å²) >= 11 is 8.21. The highest BCUT2D eigenvalue weighted by Gasteiger charge is 2.22. The van der Waals surface area contributed by atoms with Gasteiger partial charge in [0.2, 0.25) is 0 Å². The number of aryl methyl sites for hydroxylation is 1. The van der Waals surface area contributed by atoms with Crippen LogP contribution in [0.5, 0.6) is 0 Å². The van der Waals surface area contributed by atoms with Crippen molar-refractivity contribution in [3.8, 4) is 0 Å². The highest BCUT2D eigenvalue weighted by molar-refractivity contribution is 9.10. The SMILES string of the molecule is Cc1cnc(C(F)F)c(C(=O)Cl)c1Br. The number of nitrogens with zero attached hydrogens (tertiary/aromatic N) is 1. The Labute approximate surface area is 92.4 Å². The average molecular weight is 284 g/mol. The normalized spacial score (nSPS) is 10.7. The lowest BCUT2D eigenvalue weighted by Gasteiger charge is -2.07. The first-order chi connectivity index (χ1) is 6.45. The van der Waals surface area contributed by atoms with Gasteiger partial charge in [0.25, 0.3) is 11.7 Å². The summed E-state index contributed by atoms with van der Waals surface area (Å²) < 4.78 is 25.1. The fraction of sp³-hybridized carbons (Fsp3) is 0.250. The fourth-order valence-electron chi connectivity index (χ4n) is 0.950. The summed E-state index contributed by atoms with van der Waals surface area (Å²) in [6, 6.07) is 0. The molecular weight excluding hydrogens is 279 g/mol. The zero-order valence-electron chi connectivity index (χ0n) is 7.02. The van der Waals surface area contributed by atoms with E-state index in [4.69, 9.17) is 11.6 Å². The van der Waals surface area contributed by atoms with Crippen molar-refractivity contribution in [2.45, 2.75) is 13.3 Å². The van der Waals surface area contributed by atoms with E-state index in [1.54, 1.807) is 6.92 Å². The minimum atomic E-state index is -2.82. The molecule has 1 rings (SSSR count). The molecule has 0 aliphatic carbocycles. The molecule has 1 aromatic heterocycles. The van der Waals surface area contributed by atoms with Gasteiger partial charge in [0.15, 0.2) is 0 Å². The quantitative estimate of drug-likeness (QED) is 0.778. The van der Waals surface area contributed by atoms with Crippen LogP contribution in [-0.4, -0.2) is 10.2 Å². The first kappa shape index (κ1) is 11.5. The molecule has 0 aliphatic heterocycles. The second kappa shape index (κ2) is 4.31. The van der Waals surface area contributed by atoms with Crippen LogP contribution in [0.15, 0.2) is 10.7 Å². The van der Waals surface area contributed by atoms with E-state index in [0.29, 0.717) is 5.56 Å². The Morgan fingerprint density at radius 1 is 1.64 bits per heavy atom. The second-order valence-corrected chi connectivity index (χ2v) is 3.73. The van der Waals surface area contributed by atoms with E-state index in [0.717, 1.165) is 0 Å². The molecule has 0 bridgehead atoms. The molecule has 0 amide bonds. The van der Waals surface area contributed by atoms with Crippen molar-refractivity contribution < 1.29 is 13.6 Å². The molecule has 0 spiro atoms. The first-order valence-corrected chi connectivity index (χ1v) is 4.75. The van der Waals surface area contributed by atoms with Gasteiger partial charge >= 0.3 is 0 Å². The molecule has 1 aromatic rings. The van der Waals surface area contributed by atoms with E-state index >= 15 is 0 Å². The molecule has 0 fully saturated rings. The summed E-state index contributed by atoms with van der Waals surface area (Å²) in [5, 5.41) is -0.941. The van der Waals surface area contributed by atoms with Gasteiger partial charge in [-0.3, -0.25) is 9.78 Å².